The van der Waals surface area contributed by atoms with E-state index in [0.717, 1.165) is 5.56 Å². The highest BCUT2D eigenvalue weighted by Gasteiger charge is 2.37. The lowest BCUT2D eigenvalue weighted by atomic mass is 10.1. The number of likely N-dealkylation sites (N-methyl/N-ethyl adjacent to an activating group) is 1. The standard InChI is InChI=1S/C17H21N3O4S.ClH/c1-18-8-9-20(16(12-18)13-6-4-3-5-7-13)25(23,24)14-10-15(17(21)22)19(2)11-14;/h3-7,10-11,16H,8-9,12H2,1-2H3,(H,21,22);1H. The van der Waals surface area contributed by atoms with Gasteiger partial charge in [-0.25, -0.2) is 13.2 Å². The number of carboxylic acid groups (broad SMARTS) is 1. The molecular weight excluding hydrogens is 378 g/mol. The Morgan fingerprint density at radius 3 is 2.38 bits per heavy atom. The molecule has 0 aliphatic carbocycles. The summed E-state index contributed by atoms with van der Waals surface area (Å²) in [5.74, 6) is -1.15. The number of aromatic nitrogens is 1. The normalized spacial score (nSPS) is 19.1. The van der Waals surface area contributed by atoms with E-state index < -0.39 is 16.0 Å². The highest BCUT2D eigenvalue weighted by atomic mass is 35.5. The number of piperazine rings is 1. The van der Waals surface area contributed by atoms with Gasteiger partial charge in [-0.15, -0.1) is 12.4 Å². The first kappa shape index (κ1) is 20.4. The Labute approximate surface area is 159 Å². The van der Waals surface area contributed by atoms with Gasteiger partial charge in [0, 0.05) is 32.9 Å². The van der Waals surface area contributed by atoms with Crippen molar-refractivity contribution in [2.75, 3.05) is 26.7 Å². The van der Waals surface area contributed by atoms with E-state index in [-0.39, 0.29) is 29.0 Å². The predicted octanol–water partition coefficient (Wildman–Crippen LogP) is 1.82. The number of sulfonamides is 1. The molecule has 0 radical (unpaired) electrons. The zero-order valence-electron chi connectivity index (χ0n) is 14.6. The summed E-state index contributed by atoms with van der Waals surface area (Å²) in [5, 5.41) is 9.18. The smallest absolute Gasteiger partial charge is 0.352 e. The van der Waals surface area contributed by atoms with E-state index in [2.05, 4.69) is 4.90 Å². The number of carbonyl (C=O) groups is 1. The van der Waals surface area contributed by atoms with Crippen LogP contribution in [0.15, 0.2) is 47.5 Å². The molecule has 0 spiro atoms. The van der Waals surface area contributed by atoms with Gasteiger partial charge < -0.3 is 14.6 Å². The average molecular weight is 400 g/mol. The molecule has 0 bridgehead atoms. The summed E-state index contributed by atoms with van der Waals surface area (Å²) in [6.45, 7) is 1.57. The number of aromatic carboxylic acids is 1. The van der Waals surface area contributed by atoms with Crippen LogP contribution < -0.4 is 0 Å². The lowest BCUT2D eigenvalue weighted by Crippen LogP contribution is -2.49. The number of hydrogen-bond acceptors (Lipinski definition) is 4. The Hall–Kier alpha value is -1.87. The zero-order valence-corrected chi connectivity index (χ0v) is 16.2. The minimum absolute atomic E-state index is 0. The van der Waals surface area contributed by atoms with Crippen LogP contribution in [0.1, 0.15) is 22.1 Å². The van der Waals surface area contributed by atoms with Crippen molar-refractivity contribution >= 4 is 28.4 Å². The van der Waals surface area contributed by atoms with Gasteiger partial charge in [-0.2, -0.15) is 4.31 Å². The van der Waals surface area contributed by atoms with Crippen molar-refractivity contribution in [1.82, 2.24) is 13.8 Å². The third kappa shape index (κ3) is 3.78. The van der Waals surface area contributed by atoms with Crippen LogP contribution in [0.25, 0.3) is 0 Å². The lowest BCUT2D eigenvalue weighted by molar-refractivity contribution is 0.0686. The van der Waals surface area contributed by atoms with E-state index in [1.54, 1.807) is 0 Å². The average Bonchev–Trinajstić information content (AvgIpc) is 2.98. The Bertz CT molecular complexity index is 883. The summed E-state index contributed by atoms with van der Waals surface area (Å²) < 4.78 is 29.1. The molecule has 7 nitrogen and oxygen atoms in total. The van der Waals surface area contributed by atoms with Crippen LogP contribution in [0.4, 0.5) is 0 Å². The second kappa shape index (κ2) is 7.79. The van der Waals surface area contributed by atoms with Crippen molar-refractivity contribution in [1.29, 1.82) is 0 Å². The van der Waals surface area contributed by atoms with E-state index >= 15 is 0 Å². The van der Waals surface area contributed by atoms with Crippen LogP contribution in [-0.4, -0.2) is 59.9 Å². The van der Waals surface area contributed by atoms with E-state index in [4.69, 9.17) is 0 Å². The molecule has 0 saturated carbocycles. The monoisotopic (exact) mass is 399 g/mol. The van der Waals surface area contributed by atoms with Crippen LogP contribution in [0, 0.1) is 0 Å². The molecule has 9 heteroatoms. The second-order valence-corrected chi connectivity index (χ2v) is 8.17. The van der Waals surface area contributed by atoms with Crippen LogP contribution in [0.5, 0.6) is 0 Å². The fourth-order valence-electron chi connectivity index (χ4n) is 3.16. The molecule has 1 atom stereocenters. The van der Waals surface area contributed by atoms with E-state index in [1.807, 2.05) is 37.4 Å². The molecule has 1 aliphatic rings. The van der Waals surface area contributed by atoms with Crippen molar-refractivity contribution in [2.45, 2.75) is 10.9 Å². The molecule has 1 N–H and O–H groups in total. The lowest BCUT2D eigenvalue weighted by Gasteiger charge is -2.39. The summed E-state index contributed by atoms with van der Waals surface area (Å²) in [5.41, 5.74) is 0.871. The van der Waals surface area contributed by atoms with E-state index in [1.165, 1.54) is 28.2 Å². The molecule has 1 unspecified atom stereocenters. The first-order valence-corrected chi connectivity index (χ1v) is 9.39. The second-order valence-electron chi connectivity index (χ2n) is 6.28. The van der Waals surface area contributed by atoms with Gasteiger partial charge in [-0.05, 0) is 18.7 Å². The van der Waals surface area contributed by atoms with Gasteiger partial charge in [0.25, 0.3) is 0 Å². The SMILES string of the molecule is CN1CCN(S(=O)(=O)c2cc(C(=O)O)n(C)c2)C(c2ccccc2)C1.Cl. The molecule has 2 heterocycles. The number of carboxylic acids is 1. The topological polar surface area (TPSA) is 82.8 Å². The first-order valence-electron chi connectivity index (χ1n) is 7.95. The molecular formula is C17H22ClN3O4S. The van der Waals surface area contributed by atoms with Crippen molar-refractivity contribution < 1.29 is 18.3 Å². The highest BCUT2D eigenvalue weighted by molar-refractivity contribution is 7.89. The summed E-state index contributed by atoms with van der Waals surface area (Å²) in [4.78, 5) is 13.3. The fraction of sp³-hybridized carbons (Fsp3) is 0.353. The molecule has 1 aliphatic heterocycles. The van der Waals surface area contributed by atoms with Crippen LogP contribution in [-0.2, 0) is 17.1 Å². The van der Waals surface area contributed by atoms with Crippen molar-refractivity contribution in [3.8, 4) is 0 Å². The van der Waals surface area contributed by atoms with Crippen molar-refractivity contribution in [2.24, 2.45) is 7.05 Å². The van der Waals surface area contributed by atoms with Crippen LogP contribution in [0.3, 0.4) is 0 Å². The van der Waals surface area contributed by atoms with Crippen molar-refractivity contribution in [3.63, 3.8) is 0 Å². The maximum absolute atomic E-state index is 13.2. The first-order chi connectivity index (χ1) is 11.8. The quantitative estimate of drug-likeness (QED) is 0.847. The third-order valence-electron chi connectivity index (χ3n) is 4.52. The molecule has 1 aromatic heterocycles. The summed E-state index contributed by atoms with van der Waals surface area (Å²) in [6.07, 6.45) is 1.36. The maximum atomic E-state index is 13.2. The van der Waals surface area contributed by atoms with Gasteiger partial charge in [0.1, 0.15) is 10.6 Å². The summed E-state index contributed by atoms with van der Waals surface area (Å²) in [6, 6.07) is 10.4. The van der Waals surface area contributed by atoms with Gasteiger partial charge in [-0.3, -0.25) is 0 Å². The molecule has 26 heavy (non-hydrogen) atoms. The predicted molar refractivity (Wildman–Crippen MR) is 100 cm³/mol. The number of benzene rings is 1. The van der Waals surface area contributed by atoms with Crippen molar-refractivity contribution in [3.05, 3.63) is 53.9 Å². The summed E-state index contributed by atoms with van der Waals surface area (Å²) >= 11 is 0. The summed E-state index contributed by atoms with van der Waals surface area (Å²) in [7, 11) is -0.303. The van der Waals surface area contributed by atoms with Gasteiger partial charge in [-0.1, -0.05) is 30.3 Å². The Kier molecular flexibility index (Phi) is 6.13. The zero-order chi connectivity index (χ0) is 18.2. The minimum Gasteiger partial charge on any atom is -0.477 e. The number of rotatable bonds is 4. The fourth-order valence-corrected chi connectivity index (χ4v) is 4.83. The number of halogens is 1. The minimum atomic E-state index is -3.80. The third-order valence-corrected chi connectivity index (χ3v) is 6.40. The van der Waals surface area contributed by atoms with E-state index in [0.29, 0.717) is 19.6 Å². The molecule has 1 saturated heterocycles. The molecule has 1 fully saturated rings. The number of aryl methyl sites for hydroxylation is 1. The molecule has 3 rings (SSSR count). The van der Waals surface area contributed by atoms with Crippen LogP contribution >= 0.6 is 12.4 Å². The highest BCUT2D eigenvalue weighted by Crippen LogP contribution is 2.31. The Morgan fingerprint density at radius 2 is 1.81 bits per heavy atom. The Balaban J connectivity index is 0.00000243. The van der Waals surface area contributed by atoms with Crippen LogP contribution in [0.2, 0.25) is 0 Å². The van der Waals surface area contributed by atoms with Gasteiger partial charge in [0.05, 0.1) is 6.04 Å². The van der Waals surface area contributed by atoms with Gasteiger partial charge in [0.15, 0.2) is 0 Å². The Morgan fingerprint density at radius 1 is 1.15 bits per heavy atom. The number of hydrogen-bond donors (Lipinski definition) is 1. The van der Waals surface area contributed by atoms with Gasteiger partial charge in [0.2, 0.25) is 10.0 Å². The largest absolute Gasteiger partial charge is 0.477 e. The van der Waals surface area contributed by atoms with Gasteiger partial charge >= 0.3 is 5.97 Å². The molecule has 2 aromatic rings. The number of nitrogens with zero attached hydrogens (tertiary/aromatic N) is 3. The van der Waals surface area contributed by atoms with E-state index in [9.17, 15) is 18.3 Å². The maximum Gasteiger partial charge on any atom is 0.352 e. The molecule has 1 aromatic carbocycles. The molecule has 0 amide bonds. The molecule has 142 valence electrons.